The van der Waals surface area contributed by atoms with Gasteiger partial charge in [-0.25, -0.2) is 0 Å². The standard InChI is InChI=1S/C10H12.C4H12NP/c1-2-3-7-10-8-5-4-6-9-10;1-5(2)3-4-6/h3-9H,2H2,1H3;3-4,6H2,1-2H3. The van der Waals surface area contributed by atoms with Gasteiger partial charge < -0.3 is 4.90 Å². The number of rotatable bonds is 4. The molecule has 1 unspecified atom stereocenters. The van der Waals surface area contributed by atoms with Gasteiger partial charge >= 0.3 is 0 Å². The first-order chi connectivity index (χ1) is 7.70. The molecule has 16 heavy (non-hydrogen) atoms. The first kappa shape index (κ1) is 15.3. The minimum atomic E-state index is 1.11. The van der Waals surface area contributed by atoms with Gasteiger partial charge in [-0.1, -0.05) is 49.4 Å². The van der Waals surface area contributed by atoms with Crippen molar-refractivity contribution < 1.29 is 0 Å². The van der Waals surface area contributed by atoms with Crippen LogP contribution < -0.4 is 0 Å². The van der Waals surface area contributed by atoms with E-state index in [-0.39, 0.29) is 0 Å². The lowest BCUT2D eigenvalue weighted by Gasteiger charge is -2.03. The van der Waals surface area contributed by atoms with Gasteiger partial charge in [-0.2, -0.15) is 0 Å². The molecule has 0 radical (unpaired) electrons. The minimum absolute atomic E-state index is 1.11. The molecule has 1 aromatic carbocycles. The molecule has 2 heteroatoms. The molecule has 0 aliphatic heterocycles. The fraction of sp³-hybridized carbons (Fsp3) is 0.429. The van der Waals surface area contributed by atoms with Gasteiger partial charge in [-0.15, -0.1) is 9.24 Å². The molecule has 0 saturated heterocycles. The molecule has 0 saturated carbocycles. The average molecular weight is 237 g/mol. The largest absolute Gasteiger partial charge is 0.309 e. The maximum absolute atomic E-state index is 2.68. The average Bonchev–Trinajstić information content (AvgIpc) is 2.28. The van der Waals surface area contributed by atoms with Crippen LogP contribution >= 0.6 is 9.24 Å². The highest BCUT2D eigenvalue weighted by Gasteiger charge is 1.80. The zero-order valence-electron chi connectivity index (χ0n) is 10.7. The van der Waals surface area contributed by atoms with Crippen molar-refractivity contribution in [1.82, 2.24) is 4.90 Å². The quantitative estimate of drug-likeness (QED) is 0.724. The summed E-state index contributed by atoms with van der Waals surface area (Å²) in [5, 5.41) is 0. The van der Waals surface area contributed by atoms with Gasteiger partial charge in [0.15, 0.2) is 0 Å². The van der Waals surface area contributed by atoms with Gasteiger partial charge in [0.05, 0.1) is 0 Å². The van der Waals surface area contributed by atoms with Gasteiger partial charge in [-0.3, -0.25) is 0 Å². The minimum Gasteiger partial charge on any atom is -0.309 e. The molecule has 0 heterocycles. The second-order valence-corrected chi connectivity index (χ2v) is 4.39. The highest BCUT2D eigenvalue weighted by atomic mass is 31.0. The summed E-state index contributed by atoms with van der Waals surface area (Å²) in [6.45, 7) is 3.31. The monoisotopic (exact) mass is 237 g/mol. The third-order valence-corrected chi connectivity index (χ3v) is 2.18. The summed E-state index contributed by atoms with van der Waals surface area (Å²) in [7, 11) is 6.83. The Hall–Kier alpha value is -0.650. The summed E-state index contributed by atoms with van der Waals surface area (Å²) in [5.41, 5.74) is 1.28. The van der Waals surface area contributed by atoms with Gasteiger partial charge in [0, 0.05) is 6.54 Å². The summed E-state index contributed by atoms with van der Waals surface area (Å²) in [6, 6.07) is 10.3. The second kappa shape index (κ2) is 10.9. The van der Waals surface area contributed by atoms with Crippen LogP contribution in [0.25, 0.3) is 6.08 Å². The Balaban J connectivity index is 0.000000325. The van der Waals surface area contributed by atoms with E-state index in [1.54, 1.807) is 0 Å². The molecule has 0 spiro atoms. The van der Waals surface area contributed by atoms with Crippen LogP contribution in [0.3, 0.4) is 0 Å². The van der Waals surface area contributed by atoms with Gasteiger partial charge in [0.2, 0.25) is 0 Å². The third-order valence-electron chi connectivity index (χ3n) is 1.92. The third kappa shape index (κ3) is 9.89. The van der Waals surface area contributed by atoms with Crippen molar-refractivity contribution in [2.45, 2.75) is 13.3 Å². The molecular weight excluding hydrogens is 213 g/mol. The first-order valence-electron chi connectivity index (χ1n) is 5.77. The molecule has 0 amide bonds. The van der Waals surface area contributed by atoms with Crippen LogP contribution in [0.5, 0.6) is 0 Å². The summed E-state index contributed by atoms with van der Waals surface area (Å²) in [5.74, 6) is 0. The van der Waals surface area contributed by atoms with Crippen LogP contribution in [0.4, 0.5) is 0 Å². The summed E-state index contributed by atoms with van der Waals surface area (Å²) >= 11 is 0. The van der Waals surface area contributed by atoms with E-state index in [4.69, 9.17) is 0 Å². The SMILES string of the molecule is CCC=Cc1ccccc1.CN(C)CCP. The Bertz CT molecular complexity index is 267. The fourth-order valence-electron chi connectivity index (χ4n) is 1.08. The van der Waals surface area contributed by atoms with Crippen LogP contribution in [0.2, 0.25) is 0 Å². The molecular formula is C14H24NP. The summed E-state index contributed by atoms with van der Waals surface area (Å²) in [6.07, 6.45) is 6.58. The van der Waals surface area contributed by atoms with E-state index in [2.05, 4.69) is 71.6 Å². The fourth-order valence-corrected chi connectivity index (χ4v) is 1.59. The molecule has 0 bridgehead atoms. The highest BCUT2D eigenvalue weighted by molar-refractivity contribution is 7.16. The zero-order chi connectivity index (χ0) is 12.2. The van der Waals surface area contributed by atoms with E-state index >= 15 is 0 Å². The lowest BCUT2D eigenvalue weighted by molar-refractivity contribution is 0.437. The highest BCUT2D eigenvalue weighted by Crippen LogP contribution is 2.00. The number of nitrogens with zero attached hydrogens (tertiary/aromatic N) is 1. The van der Waals surface area contributed by atoms with Crippen LogP contribution in [-0.4, -0.2) is 31.7 Å². The van der Waals surface area contributed by atoms with Crippen LogP contribution in [0, 0.1) is 0 Å². The normalized spacial score (nSPS) is 10.3. The summed E-state index contributed by atoms with van der Waals surface area (Å²) < 4.78 is 0. The Morgan fingerprint density at radius 3 is 2.19 bits per heavy atom. The molecule has 1 rings (SSSR count). The molecule has 0 N–H and O–H groups in total. The molecule has 0 aliphatic carbocycles. The second-order valence-electron chi connectivity index (χ2n) is 3.81. The molecule has 1 atom stereocenters. The van der Waals surface area contributed by atoms with Crippen molar-refractivity contribution in [2.75, 3.05) is 26.8 Å². The molecule has 90 valence electrons. The Labute approximate surface area is 103 Å². The van der Waals surface area contributed by atoms with E-state index in [0.29, 0.717) is 0 Å². The Morgan fingerprint density at radius 2 is 1.81 bits per heavy atom. The van der Waals surface area contributed by atoms with E-state index in [0.717, 1.165) is 6.42 Å². The van der Waals surface area contributed by atoms with E-state index < -0.39 is 0 Å². The van der Waals surface area contributed by atoms with E-state index in [9.17, 15) is 0 Å². The molecule has 0 aliphatic rings. The van der Waals surface area contributed by atoms with Crippen LogP contribution in [0.15, 0.2) is 36.4 Å². The smallest absolute Gasteiger partial charge is 0.000983 e. The maximum atomic E-state index is 2.68. The zero-order valence-corrected chi connectivity index (χ0v) is 11.8. The van der Waals surface area contributed by atoms with E-state index in [1.165, 1.54) is 18.3 Å². The number of allylic oxidation sites excluding steroid dienone is 1. The van der Waals surface area contributed by atoms with E-state index in [1.807, 2.05) is 6.07 Å². The number of benzene rings is 1. The van der Waals surface area contributed by atoms with Crippen molar-refractivity contribution >= 4 is 15.3 Å². The lowest BCUT2D eigenvalue weighted by Crippen LogP contribution is -2.13. The number of hydrogen-bond acceptors (Lipinski definition) is 1. The van der Waals surface area contributed by atoms with Gasteiger partial charge in [0.25, 0.3) is 0 Å². The van der Waals surface area contributed by atoms with Gasteiger partial charge in [-0.05, 0) is 32.2 Å². The topological polar surface area (TPSA) is 3.24 Å². The van der Waals surface area contributed by atoms with Gasteiger partial charge in [0.1, 0.15) is 0 Å². The molecule has 1 nitrogen and oxygen atoms in total. The van der Waals surface area contributed by atoms with Crippen molar-refractivity contribution in [3.63, 3.8) is 0 Å². The van der Waals surface area contributed by atoms with Crippen molar-refractivity contribution in [3.8, 4) is 0 Å². The van der Waals surface area contributed by atoms with Crippen molar-refractivity contribution in [2.24, 2.45) is 0 Å². The maximum Gasteiger partial charge on any atom is 0.000983 e. The van der Waals surface area contributed by atoms with Crippen LogP contribution in [-0.2, 0) is 0 Å². The molecule has 1 aromatic rings. The summed E-state index contributed by atoms with van der Waals surface area (Å²) in [4.78, 5) is 2.16. The molecule has 0 aromatic heterocycles. The predicted molar refractivity (Wildman–Crippen MR) is 78.9 cm³/mol. The van der Waals surface area contributed by atoms with Crippen molar-refractivity contribution in [1.29, 1.82) is 0 Å². The predicted octanol–water partition coefficient (Wildman–Crippen LogP) is 3.53. The van der Waals surface area contributed by atoms with Crippen molar-refractivity contribution in [3.05, 3.63) is 42.0 Å². The lowest BCUT2D eigenvalue weighted by atomic mass is 10.2. The first-order valence-corrected chi connectivity index (χ1v) is 6.58. The Morgan fingerprint density at radius 1 is 1.19 bits per heavy atom. The number of hydrogen-bond donors (Lipinski definition) is 0. The molecule has 0 fully saturated rings. The Kier molecular flexibility index (Phi) is 10.4. The van der Waals surface area contributed by atoms with Crippen LogP contribution in [0.1, 0.15) is 18.9 Å².